The summed E-state index contributed by atoms with van der Waals surface area (Å²) in [6.45, 7) is 14.5. The van der Waals surface area contributed by atoms with E-state index < -0.39 is 12.1 Å². The third kappa shape index (κ3) is 15.0. The Kier molecular flexibility index (Phi) is 19.8. The zero-order valence-electron chi connectivity index (χ0n) is 44.8. The summed E-state index contributed by atoms with van der Waals surface area (Å²) in [5.41, 5.74) is 17.1. The van der Waals surface area contributed by atoms with Crippen LogP contribution >= 0.6 is 0 Å². The van der Waals surface area contributed by atoms with Crippen LogP contribution in [0.15, 0.2) is 67.0 Å². The van der Waals surface area contributed by atoms with Crippen LogP contribution in [0, 0.1) is 24.2 Å². The Morgan fingerprint density at radius 1 is 0.753 bits per heavy atom. The number of benzene rings is 2. The second kappa shape index (κ2) is 27.2. The van der Waals surface area contributed by atoms with Gasteiger partial charge in [0.2, 0.25) is 29.7 Å². The molecule has 77 heavy (non-hydrogen) atoms. The molecule has 2 aliphatic heterocycles. The van der Waals surface area contributed by atoms with Gasteiger partial charge in [-0.1, -0.05) is 80.8 Å². The number of anilines is 3. The predicted molar refractivity (Wildman–Crippen MR) is 292 cm³/mol. The Morgan fingerprint density at radius 3 is 1.92 bits per heavy atom. The number of hydrogen-bond acceptors (Lipinski definition) is 18. The molecule has 2 saturated heterocycles. The number of phenols is 1. The Bertz CT molecular complexity index is 2820. The Hall–Kier alpha value is -7.23. The number of H-pyrrole nitrogens is 1. The van der Waals surface area contributed by atoms with Crippen LogP contribution in [-0.2, 0) is 36.6 Å². The average Bonchev–Trinajstić information content (AvgIpc) is 4.26. The maximum atomic E-state index is 14.7. The molecule has 23 heteroatoms. The molecule has 7 N–H and O–H groups in total. The molecule has 2 aliphatic rings. The lowest BCUT2D eigenvalue weighted by atomic mass is 9.98. The third-order valence-electron chi connectivity index (χ3n) is 14.2. The molecule has 6 aromatic rings. The van der Waals surface area contributed by atoms with Crippen LogP contribution in [0.3, 0.4) is 0 Å². The molecular formula is C54H75N17O6. The van der Waals surface area contributed by atoms with E-state index in [4.69, 9.17) is 47.1 Å². The molecule has 6 heterocycles. The van der Waals surface area contributed by atoms with Gasteiger partial charge in [-0.25, -0.2) is 9.36 Å². The van der Waals surface area contributed by atoms with Crippen molar-refractivity contribution in [1.29, 1.82) is 0 Å². The monoisotopic (exact) mass is 1060 g/mol. The minimum Gasteiger partial charge on any atom is -0.508 e. The summed E-state index contributed by atoms with van der Waals surface area (Å²) in [6.07, 6.45) is 11.2. The van der Waals surface area contributed by atoms with Crippen LogP contribution in [0.5, 0.6) is 5.75 Å². The van der Waals surface area contributed by atoms with Crippen molar-refractivity contribution in [2.45, 2.75) is 77.5 Å². The summed E-state index contributed by atoms with van der Waals surface area (Å²) in [6, 6.07) is 15.0. The molecule has 412 valence electrons. The summed E-state index contributed by atoms with van der Waals surface area (Å²) in [5.74, 6) is 4.23. The fraction of sp³-hybridized carbons (Fsp3) is 0.537. The number of piperazine rings is 2. The third-order valence-corrected chi connectivity index (χ3v) is 14.2. The number of ether oxygens (including phenoxy) is 3. The number of phenolic OH excluding ortho intramolecular Hbond substituents is 1. The van der Waals surface area contributed by atoms with Crippen molar-refractivity contribution >= 4 is 40.6 Å². The van der Waals surface area contributed by atoms with Crippen LogP contribution in [0.25, 0.3) is 10.9 Å². The average molecular weight is 1060 g/mol. The topological polar surface area (TPSA) is 275 Å². The summed E-state index contributed by atoms with van der Waals surface area (Å²) in [5, 5.41) is 32.1. The number of nitrogens with two attached hydrogens (primary N) is 2. The summed E-state index contributed by atoms with van der Waals surface area (Å²) < 4.78 is 19.9. The van der Waals surface area contributed by atoms with E-state index in [9.17, 15) is 14.7 Å². The van der Waals surface area contributed by atoms with Gasteiger partial charge in [0.05, 0.1) is 68.9 Å². The number of carbonyl (C=O) groups excluding carboxylic acids is 2. The molecule has 1 unspecified atom stereocenters. The van der Waals surface area contributed by atoms with Crippen molar-refractivity contribution in [2.75, 3.05) is 114 Å². The number of aromatic nitrogens is 10. The van der Waals surface area contributed by atoms with Gasteiger partial charge in [0.15, 0.2) is 0 Å². The van der Waals surface area contributed by atoms with Crippen molar-refractivity contribution in [1.82, 2.24) is 59.7 Å². The highest BCUT2D eigenvalue weighted by Gasteiger charge is 2.34. The minimum atomic E-state index is -0.700. The second-order valence-corrected chi connectivity index (χ2v) is 20.2. The molecule has 23 nitrogen and oxygen atoms in total. The second-order valence-electron chi connectivity index (χ2n) is 20.2. The zero-order chi connectivity index (χ0) is 54.3. The van der Waals surface area contributed by atoms with Crippen molar-refractivity contribution in [3.05, 3.63) is 89.6 Å². The number of fused-ring (bicyclic) bond motifs is 1. The van der Waals surface area contributed by atoms with Crippen LogP contribution < -0.4 is 26.6 Å². The number of carbonyl (C=O) groups is 2. The quantitative estimate of drug-likeness (QED) is 0.0363. The van der Waals surface area contributed by atoms with E-state index in [2.05, 4.69) is 80.4 Å². The number of hydrogen-bond donors (Lipinski definition) is 5. The highest BCUT2D eigenvalue weighted by atomic mass is 16.5. The van der Waals surface area contributed by atoms with Crippen LogP contribution in [0.4, 0.5) is 17.8 Å². The van der Waals surface area contributed by atoms with E-state index in [0.29, 0.717) is 140 Å². The Labute approximate surface area is 450 Å². The number of terminal acetylenes is 1. The lowest BCUT2D eigenvalue weighted by molar-refractivity contribution is -0.136. The van der Waals surface area contributed by atoms with Crippen LogP contribution in [0.2, 0.25) is 0 Å². The maximum Gasteiger partial charge on any atom is 0.248 e. The van der Waals surface area contributed by atoms with Gasteiger partial charge in [-0.05, 0) is 53.5 Å². The fourth-order valence-electron chi connectivity index (χ4n) is 9.47. The highest BCUT2D eigenvalue weighted by Crippen LogP contribution is 2.28. The molecule has 5 atom stereocenters. The lowest BCUT2D eigenvalue weighted by Gasteiger charge is -2.38. The zero-order valence-corrected chi connectivity index (χ0v) is 44.8. The predicted octanol–water partition coefficient (Wildman–Crippen LogP) is 3.69. The number of rotatable bonds is 27. The number of para-hydroxylation sites is 1. The van der Waals surface area contributed by atoms with Gasteiger partial charge in [-0.3, -0.25) is 9.59 Å². The number of aromatic hydroxyl groups is 1. The van der Waals surface area contributed by atoms with Crippen molar-refractivity contribution in [3.8, 4) is 18.1 Å². The van der Waals surface area contributed by atoms with E-state index in [1.807, 2.05) is 52.4 Å². The number of amides is 2. The van der Waals surface area contributed by atoms with Crippen LogP contribution in [-0.4, -0.2) is 175 Å². The molecule has 0 saturated carbocycles. The van der Waals surface area contributed by atoms with Gasteiger partial charge in [-0.2, -0.15) is 15.0 Å². The van der Waals surface area contributed by atoms with Gasteiger partial charge >= 0.3 is 0 Å². The molecule has 2 fully saturated rings. The summed E-state index contributed by atoms with van der Waals surface area (Å²) in [7, 11) is 0. The van der Waals surface area contributed by atoms with E-state index in [1.165, 1.54) is 0 Å². The molecule has 2 aromatic carbocycles. The SMILES string of the molecule is C#CCOCCOCCOCCNc1nc(N2CCN(C(=O)[C@H](Cc3ccc(O)cc3)n3cc([C@@H](N)C(C)CC)nn3)CC2)nc(N2CCN(C(=O)[C@H](Cc3cc4ccccc4[nH]3)n3cc([C@@H](N)CC(C)C)nn3)CC2)n1. The van der Waals surface area contributed by atoms with E-state index in [1.54, 1.807) is 27.7 Å². The first-order chi connectivity index (χ1) is 37.4. The Balaban J connectivity index is 0.962. The fourth-order valence-corrected chi connectivity index (χ4v) is 9.47. The van der Waals surface area contributed by atoms with Crippen molar-refractivity contribution in [2.24, 2.45) is 23.3 Å². The summed E-state index contributed by atoms with van der Waals surface area (Å²) in [4.78, 5) is 55.4. The summed E-state index contributed by atoms with van der Waals surface area (Å²) >= 11 is 0. The highest BCUT2D eigenvalue weighted by molar-refractivity contribution is 5.83. The molecule has 0 bridgehead atoms. The molecule has 0 radical (unpaired) electrons. The maximum absolute atomic E-state index is 14.7. The number of nitrogens with zero attached hydrogens (tertiary/aromatic N) is 13. The van der Waals surface area contributed by atoms with Crippen molar-refractivity contribution in [3.63, 3.8) is 0 Å². The van der Waals surface area contributed by atoms with E-state index in [-0.39, 0.29) is 42.2 Å². The normalized spacial score (nSPS) is 16.1. The van der Waals surface area contributed by atoms with Gasteiger partial charge in [0.25, 0.3) is 0 Å². The van der Waals surface area contributed by atoms with Crippen LogP contribution in [0.1, 0.15) is 87.3 Å². The first kappa shape index (κ1) is 56.0. The lowest BCUT2D eigenvalue weighted by Crippen LogP contribution is -2.52. The van der Waals surface area contributed by atoms with Crippen molar-refractivity contribution < 1.29 is 28.9 Å². The molecule has 2 amide bonds. The molecule has 0 spiro atoms. The molecule has 4 aromatic heterocycles. The van der Waals surface area contributed by atoms with Gasteiger partial charge in [0.1, 0.15) is 24.4 Å². The molecule has 8 rings (SSSR count). The van der Waals surface area contributed by atoms with Gasteiger partial charge in [-0.15, -0.1) is 16.6 Å². The number of nitrogens with one attached hydrogen (secondary N) is 2. The number of aromatic amines is 1. The van der Waals surface area contributed by atoms with E-state index >= 15 is 0 Å². The van der Waals surface area contributed by atoms with E-state index in [0.717, 1.165) is 35.0 Å². The smallest absolute Gasteiger partial charge is 0.248 e. The largest absolute Gasteiger partial charge is 0.508 e. The van der Waals surface area contributed by atoms with Gasteiger partial charge < -0.3 is 60.7 Å². The Morgan fingerprint density at radius 2 is 1.32 bits per heavy atom. The van der Waals surface area contributed by atoms with Gasteiger partial charge in [0, 0.05) is 83.0 Å². The standard InChI is InChI=1S/C54H75N17O6/c1-6-25-75-27-29-77-30-28-76-26-16-57-52-59-53(68-21-17-66(18-22-68)50(73)47(32-39-12-14-42(72)15-13-39)71-36-46(63-65-71)49(56)38(5)7-2)61-54(60-52)69-23-19-67(20-24-69)51(74)48(34-41-33-40-10-8-9-11-44(40)58-41)70-35-45(62-64-70)43(55)31-37(3)4/h1,8-15,33,35-38,43,47-49,58,72H,7,16-32,34,55-56H2,2-5H3,(H,57,59,60,61)/t38?,43-,47-,48-,49-/m0/s1. The molecular weight excluding hydrogens is 983 g/mol. The first-order valence-corrected chi connectivity index (χ1v) is 26.8. The minimum absolute atomic E-state index is 0.0739. The molecule has 0 aliphatic carbocycles. The first-order valence-electron chi connectivity index (χ1n) is 26.8.